The van der Waals surface area contributed by atoms with Gasteiger partial charge in [-0.05, 0) is 19.1 Å². The molecule has 0 aromatic carbocycles. The molecule has 0 saturated carbocycles. The van der Waals surface area contributed by atoms with Crippen LogP contribution in [-0.2, 0) is 12.8 Å². The van der Waals surface area contributed by atoms with Gasteiger partial charge in [0.15, 0.2) is 5.16 Å². The van der Waals surface area contributed by atoms with Gasteiger partial charge in [0, 0.05) is 31.2 Å². The molecule has 5 nitrogen and oxygen atoms in total. The monoisotopic (exact) mass is 249 g/mol. The summed E-state index contributed by atoms with van der Waals surface area (Å²) in [5.74, 6) is 0.797. The Morgan fingerprint density at radius 3 is 3.06 bits per heavy atom. The third-order valence-corrected chi connectivity index (χ3v) is 3.28. The lowest BCUT2D eigenvalue weighted by atomic mass is 10.3. The first-order valence-electron chi connectivity index (χ1n) is 5.45. The lowest BCUT2D eigenvalue weighted by molar-refractivity contribution is 0.788. The average Bonchev–Trinajstić information content (AvgIpc) is 2.73. The molecule has 0 spiro atoms. The fourth-order valence-electron chi connectivity index (χ4n) is 1.41. The second-order valence-electron chi connectivity index (χ2n) is 3.58. The van der Waals surface area contributed by atoms with Crippen molar-refractivity contribution in [1.82, 2.24) is 19.7 Å². The first-order chi connectivity index (χ1) is 8.29. The highest BCUT2D eigenvalue weighted by molar-refractivity contribution is 7.98. The summed E-state index contributed by atoms with van der Waals surface area (Å²) < 4.78 is 1.90. The third kappa shape index (κ3) is 3.20. The van der Waals surface area contributed by atoms with E-state index in [-0.39, 0.29) is 0 Å². The van der Waals surface area contributed by atoms with Crippen molar-refractivity contribution in [3.8, 4) is 0 Å². The summed E-state index contributed by atoms with van der Waals surface area (Å²) in [6, 6.07) is 4.03. The third-order valence-electron chi connectivity index (χ3n) is 2.22. The summed E-state index contributed by atoms with van der Waals surface area (Å²) in [6.45, 7) is 2.99. The van der Waals surface area contributed by atoms with E-state index in [9.17, 15) is 0 Å². The topological polar surface area (TPSA) is 55.6 Å². The zero-order chi connectivity index (χ0) is 12.1. The van der Waals surface area contributed by atoms with E-state index in [2.05, 4.69) is 33.5 Å². The molecule has 0 atom stereocenters. The van der Waals surface area contributed by atoms with Crippen LogP contribution in [0.1, 0.15) is 12.6 Å². The quantitative estimate of drug-likeness (QED) is 0.821. The molecule has 2 rings (SSSR count). The molecule has 0 amide bonds. The summed E-state index contributed by atoms with van der Waals surface area (Å²) >= 11 is 1.63. The second-order valence-corrected chi connectivity index (χ2v) is 4.52. The molecule has 6 heteroatoms. The number of hydrogen-bond acceptors (Lipinski definition) is 5. The van der Waals surface area contributed by atoms with Gasteiger partial charge < -0.3 is 9.88 Å². The number of nitrogens with zero attached hydrogens (tertiary/aromatic N) is 4. The molecule has 0 aliphatic carbocycles. The minimum Gasteiger partial charge on any atom is -0.385 e. The van der Waals surface area contributed by atoms with Gasteiger partial charge in [-0.1, -0.05) is 11.8 Å². The van der Waals surface area contributed by atoms with Gasteiger partial charge in [-0.2, -0.15) is 0 Å². The number of hydrogen-bond donors (Lipinski definition) is 1. The Bertz CT molecular complexity index is 482. The van der Waals surface area contributed by atoms with Gasteiger partial charge in [0.2, 0.25) is 0 Å². The SMILES string of the molecule is CCNc1ccnc(CSc2nncn2C)c1. The van der Waals surface area contributed by atoms with E-state index in [0.29, 0.717) is 0 Å². The standard InChI is InChI=1S/C11H15N5S/c1-3-12-9-4-5-13-10(6-9)7-17-11-15-14-8-16(11)2/h4-6,8H,3,7H2,1-2H3,(H,12,13). The van der Waals surface area contributed by atoms with Crippen LogP contribution in [0.5, 0.6) is 0 Å². The minimum atomic E-state index is 0.797. The molecule has 2 aromatic rings. The van der Waals surface area contributed by atoms with Gasteiger partial charge in [0.25, 0.3) is 0 Å². The van der Waals surface area contributed by atoms with E-state index in [4.69, 9.17) is 0 Å². The first-order valence-corrected chi connectivity index (χ1v) is 6.43. The Hall–Kier alpha value is -1.56. The lowest BCUT2D eigenvalue weighted by Gasteiger charge is -2.05. The zero-order valence-corrected chi connectivity index (χ0v) is 10.7. The molecule has 0 aliphatic rings. The Morgan fingerprint density at radius 2 is 2.35 bits per heavy atom. The van der Waals surface area contributed by atoms with Gasteiger partial charge in [0.05, 0.1) is 5.69 Å². The number of rotatable bonds is 5. The highest BCUT2D eigenvalue weighted by Crippen LogP contribution is 2.20. The van der Waals surface area contributed by atoms with Crippen LogP contribution >= 0.6 is 11.8 Å². The molecular formula is C11H15N5S. The fourth-order valence-corrected chi connectivity index (χ4v) is 2.20. The van der Waals surface area contributed by atoms with Crippen molar-refractivity contribution in [2.45, 2.75) is 17.8 Å². The van der Waals surface area contributed by atoms with Crippen LogP contribution in [0.25, 0.3) is 0 Å². The zero-order valence-electron chi connectivity index (χ0n) is 9.92. The maximum atomic E-state index is 4.33. The van der Waals surface area contributed by atoms with Crippen molar-refractivity contribution < 1.29 is 0 Å². The van der Waals surface area contributed by atoms with Gasteiger partial charge in [-0.3, -0.25) is 4.98 Å². The number of nitrogens with one attached hydrogen (secondary N) is 1. The van der Waals surface area contributed by atoms with Crippen LogP contribution in [0.4, 0.5) is 5.69 Å². The fraction of sp³-hybridized carbons (Fsp3) is 0.364. The van der Waals surface area contributed by atoms with E-state index >= 15 is 0 Å². The molecule has 17 heavy (non-hydrogen) atoms. The van der Waals surface area contributed by atoms with E-state index < -0.39 is 0 Å². The highest BCUT2D eigenvalue weighted by atomic mass is 32.2. The van der Waals surface area contributed by atoms with Crippen LogP contribution in [0.15, 0.2) is 29.8 Å². The highest BCUT2D eigenvalue weighted by Gasteiger charge is 2.03. The van der Waals surface area contributed by atoms with Gasteiger partial charge >= 0.3 is 0 Å². The van der Waals surface area contributed by atoms with E-state index in [1.807, 2.05) is 23.9 Å². The van der Waals surface area contributed by atoms with Gasteiger partial charge in [-0.25, -0.2) is 0 Å². The van der Waals surface area contributed by atoms with Crippen molar-refractivity contribution >= 4 is 17.4 Å². The van der Waals surface area contributed by atoms with Crippen LogP contribution in [0, 0.1) is 0 Å². The molecule has 0 unspecified atom stereocenters. The van der Waals surface area contributed by atoms with Crippen LogP contribution in [0.3, 0.4) is 0 Å². The molecule has 2 aromatic heterocycles. The number of aromatic nitrogens is 4. The van der Waals surface area contributed by atoms with Crippen molar-refractivity contribution in [3.63, 3.8) is 0 Å². The molecule has 90 valence electrons. The predicted octanol–water partition coefficient (Wildman–Crippen LogP) is 1.93. The first kappa shape index (κ1) is 11.9. The Labute approximate surface area is 105 Å². The Morgan fingerprint density at radius 1 is 1.47 bits per heavy atom. The number of pyridine rings is 1. The molecule has 2 heterocycles. The number of aryl methyl sites for hydroxylation is 1. The lowest BCUT2D eigenvalue weighted by Crippen LogP contribution is -1.98. The van der Waals surface area contributed by atoms with Crippen molar-refractivity contribution in [1.29, 1.82) is 0 Å². The average molecular weight is 249 g/mol. The Balaban J connectivity index is 1.99. The maximum Gasteiger partial charge on any atom is 0.191 e. The molecule has 0 saturated heterocycles. The largest absolute Gasteiger partial charge is 0.385 e. The Kier molecular flexibility index (Phi) is 3.98. The smallest absolute Gasteiger partial charge is 0.191 e. The summed E-state index contributed by atoms with van der Waals surface area (Å²) in [5, 5.41) is 12.0. The van der Waals surface area contributed by atoms with Crippen LogP contribution < -0.4 is 5.32 Å². The maximum absolute atomic E-state index is 4.33. The van der Waals surface area contributed by atoms with Gasteiger partial charge in [0.1, 0.15) is 6.33 Å². The number of anilines is 1. The minimum absolute atomic E-state index is 0.797. The van der Waals surface area contributed by atoms with Crippen molar-refractivity contribution in [2.75, 3.05) is 11.9 Å². The molecule has 0 aliphatic heterocycles. The second kappa shape index (κ2) is 5.67. The summed E-state index contributed by atoms with van der Waals surface area (Å²) in [4.78, 5) is 4.33. The molecule has 0 radical (unpaired) electrons. The van der Waals surface area contributed by atoms with Crippen molar-refractivity contribution in [3.05, 3.63) is 30.4 Å². The van der Waals surface area contributed by atoms with E-state index in [1.165, 1.54) is 0 Å². The van der Waals surface area contributed by atoms with Crippen LogP contribution in [0.2, 0.25) is 0 Å². The predicted molar refractivity (Wildman–Crippen MR) is 69.0 cm³/mol. The molecule has 0 bridgehead atoms. The van der Waals surface area contributed by atoms with Gasteiger partial charge in [-0.15, -0.1) is 10.2 Å². The normalized spacial score (nSPS) is 10.5. The summed E-state index contributed by atoms with van der Waals surface area (Å²) in [6.07, 6.45) is 3.52. The molecule has 0 fully saturated rings. The van der Waals surface area contributed by atoms with E-state index in [1.54, 1.807) is 18.1 Å². The summed E-state index contributed by atoms with van der Waals surface area (Å²) in [5.41, 5.74) is 2.15. The van der Waals surface area contributed by atoms with Crippen molar-refractivity contribution in [2.24, 2.45) is 7.05 Å². The summed E-state index contributed by atoms with van der Waals surface area (Å²) in [7, 11) is 1.94. The number of thioether (sulfide) groups is 1. The van der Waals surface area contributed by atoms with Crippen LogP contribution in [-0.4, -0.2) is 26.3 Å². The molecular weight excluding hydrogens is 234 g/mol. The van der Waals surface area contributed by atoms with E-state index in [0.717, 1.165) is 28.8 Å². The molecule has 1 N–H and O–H groups in total.